The van der Waals surface area contributed by atoms with E-state index >= 15 is 0 Å². The van der Waals surface area contributed by atoms with Gasteiger partial charge < -0.3 is 25.6 Å². The highest BCUT2D eigenvalue weighted by Gasteiger charge is 2.31. The van der Waals surface area contributed by atoms with Crippen LogP contribution < -0.4 is 11.1 Å². The van der Waals surface area contributed by atoms with Crippen molar-refractivity contribution in [2.75, 3.05) is 33.0 Å². The van der Waals surface area contributed by atoms with Crippen molar-refractivity contribution >= 4 is 11.6 Å². The van der Waals surface area contributed by atoms with Gasteiger partial charge in [0.05, 0.1) is 31.4 Å². The molecule has 1 aromatic carbocycles. The molecule has 1 aromatic rings. The number of nitrogens with two attached hydrogens (primary N) is 1. The minimum absolute atomic E-state index is 0.250. The van der Waals surface area contributed by atoms with Crippen LogP contribution in [0.4, 0.5) is 0 Å². The van der Waals surface area contributed by atoms with Crippen LogP contribution in [0.2, 0.25) is 5.02 Å². The van der Waals surface area contributed by atoms with Crippen molar-refractivity contribution in [2.45, 2.75) is 19.8 Å². The molecule has 0 spiro atoms. The Balaban J connectivity index is 2.43. The van der Waals surface area contributed by atoms with Crippen molar-refractivity contribution in [1.82, 2.24) is 5.32 Å². The van der Waals surface area contributed by atoms with E-state index in [2.05, 4.69) is 5.32 Å². The van der Waals surface area contributed by atoms with E-state index in [0.29, 0.717) is 43.7 Å². The lowest BCUT2D eigenvalue weighted by Gasteiger charge is -2.31. The molecule has 1 atom stereocenters. The zero-order chi connectivity index (χ0) is 17.5. The summed E-state index contributed by atoms with van der Waals surface area (Å²) in [5.74, 6) is -0.0941. The lowest BCUT2D eigenvalue weighted by molar-refractivity contribution is 0.146. The Morgan fingerprint density at radius 3 is 2.67 bits per heavy atom. The quantitative estimate of drug-likeness (QED) is 0.627. The molecule has 1 heterocycles. The van der Waals surface area contributed by atoms with Crippen LogP contribution in [0.3, 0.4) is 0 Å². The van der Waals surface area contributed by atoms with Gasteiger partial charge in [0.15, 0.2) is 0 Å². The third kappa shape index (κ3) is 4.30. The predicted octanol–water partition coefficient (Wildman–Crippen LogP) is 3.08. The molecule has 4 N–H and O–H groups in total. The molecule has 0 radical (unpaired) electrons. The van der Waals surface area contributed by atoms with E-state index in [1.165, 1.54) is 0 Å². The molecule has 6 heteroatoms. The molecule has 0 amide bonds. The van der Waals surface area contributed by atoms with Crippen molar-refractivity contribution in [1.29, 1.82) is 0 Å². The Morgan fingerprint density at radius 1 is 1.25 bits per heavy atom. The van der Waals surface area contributed by atoms with E-state index in [9.17, 15) is 5.11 Å². The van der Waals surface area contributed by atoms with Crippen LogP contribution in [0.1, 0.15) is 25.3 Å². The highest BCUT2D eigenvalue weighted by Crippen LogP contribution is 2.39. The summed E-state index contributed by atoms with van der Waals surface area (Å²) < 4.78 is 11.2. The van der Waals surface area contributed by atoms with Gasteiger partial charge in [-0.15, -0.1) is 0 Å². The zero-order valence-corrected chi connectivity index (χ0v) is 14.9. The number of dihydropyridines is 1. The topological polar surface area (TPSA) is 76.7 Å². The fraction of sp³-hybridized carbons (Fsp3) is 0.444. The van der Waals surface area contributed by atoms with Crippen LogP contribution >= 0.6 is 11.6 Å². The molecule has 0 bridgehead atoms. The molecular formula is C18H25ClN2O3. The molecule has 1 aliphatic rings. The first kappa shape index (κ1) is 18.8. The largest absolute Gasteiger partial charge is 0.510 e. The first-order chi connectivity index (χ1) is 11.6. The normalized spacial score (nSPS) is 18.1. The summed E-state index contributed by atoms with van der Waals surface area (Å²) >= 11 is 6.38. The minimum atomic E-state index is -0.344. The second kappa shape index (κ2) is 9.08. The average molecular weight is 353 g/mol. The number of nitrogens with one attached hydrogen (secondary N) is 1. The third-order valence-corrected chi connectivity index (χ3v) is 4.26. The predicted molar refractivity (Wildman–Crippen MR) is 96.0 cm³/mol. The van der Waals surface area contributed by atoms with E-state index in [1.807, 2.05) is 38.1 Å². The van der Waals surface area contributed by atoms with Gasteiger partial charge in [-0.05, 0) is 31.1 Å². The van der Waals surface area contributed by atoms with Gasteiger partial charge in [-0.3, -0.25) is 0 Å². The van der Waals surface area contributed by atoms with Crippen LogP contribution in [0.5, 0.6) is 0 Å². The SMILES string of the molecule is CCOCC1=C(COCCN)NC(C)=C(O)C1c1ccccc1Cl. The summed E-state index contributed by atoms with van der Waals surface area (Å²) in [6.07, 6.45) is 0. The second-order valence-electron chi connectivity index (χ2n) is 5.57. The first-order valence-electron chi connectivity index (χ1n) is 8.08. The van der Waals surface area contributed by atoms with E-state index in [-0.39, 0.29) is 11.7 Å². The van der Waals surface area contributed by atoms with Crippen molar-refractivity contribution in [3.8, 4) is 0 Å². The summed E-state index contributed by atoms with van der Waals surface area (Å²) in [6, 6.07) is 7.53. The standard InChI is InChI=1S/C18H25ClN2O3/c1-3-23-10-14-16(11-24-9-8-20)21-12(2)18(22)17(14)13-6-4-5-7-15(13)19/h4-7,17,21-22H,3,8-11,20H2,1-2H3. The molecule has 0 aliphatic carbocycles. The van der Waals surface area contributed by atoms with Gasteiger partial charge in [-0.1, -0.05) is 29.8 Å². The Bertz CT molecular complexity index is 628. The molecular weight excluding hydrogens is 328 g/mol. The molecule has 1 aliphatic heterocycles. The molecule has 1 unspecified atom stereocenters. The number of rotatable bonds is 8. The van der Waals surface area contributed by atoms with Crippen molar-refractivity contribution in [2.24, 2.45) is 5.73 Å². The molecule has 0 fully saturated rings. The Morgan fingerprint density at radius 2 is 2.00 bits per heavy atom. The number of hydrogen-bond donors (Lipinski definition) is 3. The summed E-state index contributed by atoms with van der Waals surface area (Å²) in [4.78, 5) is 0. The summed E-state index contributed by atoms with van der Waals surface area (Å²) in [6.45, 7) is 6.05. The molecule has 2 rings (SSSR count). The van der Waals surface area contributed by atoms with Crippen LogP contribution in [0.15, 0.2) is 47.0 Å². The molecule has 24 heavy (non-hydrogen) atoms. The monoisotopic (exact) mass is 352 g/mol. The number of ether oxygens (including phenoxy) is 2. The van der Waals surface area contributed by atoms with Crippen LogP contribution in [-0.4, -0.2) is 38.1 Å². The molecule has 0 aromatic heterocycles. The highest BCUT2D eigenvalue weighted by molar-refractivity contribution is 6.31. The summed E-state index contributed by atoms with van der Waals surface area (Å²) in [7, 11) is 0. The summed E-state index contributed by atoms with van der Waals surface area (Å²) in [5, 5.41) is 14.5. The van der Waals surface area contributed by atoms with Gasteiger partial charge in [-0.25, -0.2) is 0 Å². The van der Waals surface area contributed by atoms with Gasteiger partial charge in [0.2, 0.25) is 0 Å². The van der Waals surface area contributed by atoms with Gasteiger partial charge in [0.25, 0.3) is 0 Å². The number of allylic oxidation sites excluding steroid dienone is 2. The number of halogens is 1. The number of aliphatic hydroxyl groups is 1. The zero-order valence-electron chi connectivity index (χ0n) is 14.1. The maximum Gasteiger partial charge on any atom is 0.123 e. The van der Waals surface area contributed by atoms with E-state index in [0.717, 1.165) is 16.8 Å². The van der Waals surface area contributed by atoms with Crippen molar-refractivity contribution in [3.63, 3.8) is 0 Å². The Labute approximate surface area is 148 Å². The smallest absolute Gasteiger partial charge is 0.123 e. The van der Waals surface area contributed by atoms with Gasteiger partial charge in [-0.2, -0.15) is 0 Å². The Kier molecular flexibility index (Phi) is 7.12. The lowest BCUT2D eigenvalue weighted by atomic mass is 9.85. The molecule has 5 nitrogen and oxygen atoms in total. The van der Waals surface area contributed by atoms with Crippen LogP contribution in [0.25, 0.3) is 0 Å². The first-order valence-corrected chi connectivity index (χ1v) is 8.46. The fourth-order valence-corrected chi connectivity index (χ4v) is 2.98. The summed E-state index contributed by atoms with van der Waals surface area (Å²) in [5.41, 5.74) is 8.84. The molecule has 132 valence electrons. The van der Waals surface area contributed by atoms with Crippen LogP contribution in [-0.2, 0) is 9.47 Å². The number of aliphatic hydroxyl groups excluding tert-OH is 1. The molecule has 0 saturated carbocycles. The van der Waals surface area contributed by atoms with Gasteiger partial charge >= 0.3 is 0 Å². The van der Waals surface area contributed by atoms with Crippen molar-refractivity contribution in [3.05, 3.63) is 57.6 Å². The third-order valence-electron chi connectivity index (χ3n) is 3.92. The van der Waals surface area contributed by atoms with E-state index < -0.39 is 0 Å². The Hall–Kier alpha value is -1.53. The maximum absolute atomic E-state index is 10.7. The van der Waals surface area contributed by atoms with Gasteiger partial charge in [0, 0.05) is 23.9 Å². The molecule has 0 saturated heterocycles. The van der Waals surface area contributed by atoms with E-state index in [1.54, 1.807) is 0 Å². The van der Waals surface area contributed by atoms with Gasteiger partial charge in [0.1, 0.15) is 5.76 Å². The van der Waals surface area contributed by atoms with Crippen LogP contribution in [0, 0.1) is 0 Å². The fourth-order valence-electron chi connectivity index (χ4n) is 2.74. The van der Waals surface area contributed by atoms with E-state index in [4.69, 9.17) is 26.8 Å². The second-order valence-corrected chi connectivity index (χ2v) is 5.98. The highest BCUT2D eigenvalue weighted by atomic mass is 35.5. The lowest BCUT2D eigenvalue weighted by Crippen LogP contribution is -2.30. The minimum Gasteiger partial charge on any atom is -0.510 e. The number of benzene rings is 1. The average Bonchev–Trinajstić information content (AvgIpc) is 2.57. The maximum atomic E-state index is 10.7. The van der Waals surface area contributed by atoms with Crippen molar-refractivity contribution < 1.29 is 14.6 Å². The number of hydrogen-bond acceptors (Lipinski definition) is 5.